The standard InChI is InChI=1S/C32H30N2O3/c1-6-29(35)37-33-30-24-11-9-10-12-25(24)31(36)26(30)17-20-13-15-22-23-16-14-21(34(7-2)8-3)19-28(23)32(4,5)27(22)18-20/h6,9-19H,1,7-8H2,2-5H3. The molecule has 0 spiro atoms. The lowest BCUT2D eigenvalue weighted by Crippen LogP contribution is -2.22. The van der Waals surface area contributed by atoms with E-state index in [4.69, 9.17) is 4.84 Å². The van der Waals surface area contributed by atoms with Crippen LogP contribution in [0.5, 0.6) is 0 Å². The highest BCUT2D eigenvalue weighted by atomic mass is 16.7. The fraction of sp³-hybridized carbons (Fsp3) is 0.219. The van der Waals surface area contributed by atoms with Crippen molar-refractivity contribution in [2.75, 3.05) is 18.0 Å². The number of hydrogen-bond donors (Lipinski definition) is 0. The van der Waals surface area contributed by atoms with E-state index in [9.17, 15) is 9.59 Å². The summed E-state index contributed by atoms with van der Waals surface area (Å²) in [6.45, 7) is 14.2. The number of allylic oxidation sites excluding steroid dienone is 1. The Balaban J connectivity index is 1.58. The highest BCUT2D eigenvalue weighted by molar-refractivity contribution is 6.42. The van der Waals surface area contributed by atoms with Crippen LogP contribution in [0, 0.1) is 0 Å². The maximum absolute atomic E-state index is 13.3. The average molecular weight is 491 g/mol. The van der Waals surface area contributed by atoms with Crippen molar-refractivity contribution in [2.24, 2.45) is 5.16 Å². The number of benzene rings is 3. The van der Waals surface area contributed by atoms with E-state index < -0.39 is 5.97 Å². The van der Waals surface area contributed by atoms with Crippen LogP contribution in [0.15, 0.2) is 84.0 Å². The summed E-state index contributed by atoms with van der Waals surface area (Å²) in [4.78, 5) is 32.3. The third kappa shape index (κ3) is 4.01. The molecular weight excluding hydrogens is 460 g/mol. The molecular formula is C32H30N2O3. The zero-order chi connectivity index (χ0) is 26.3. The van der Waals surface area contributed by atoms with Gasteiger partial charge >= 0.3 is 5.97 Å². The van der Waals surface area contributed by atoms with Crippen molar-refractivity contribution < 1.29 is 14.4 Å². The average Bonchev–Trinajstić information content (AvgIpc) is 3.30. The van der Waals surface area contributed by atoms with Crippen molar-refractivity contribution in [2.45, 2.75) is 33.1 Å². The summed E-state index contributed by atoms with van der Waals surface area (Å²) in [5, 5.41) is 4.04. The first-order valence-corrected chi connectivity index (χ1v) is 12.6. The SMILES string of the molecule is C=CC(=O)ON=C1C(=Cc2ccc3c(c2)C(C)(C)c2cc(N(CC)CC)ccc2-3)C(=O)c2ccccc21. The number of rotatable bonds is 6. The van der Waals surface area contributed by atoms with Gasteiger partial charge in [0, 0.05) is 41.4 Å². The summed E-state index contributed by atoms with van der Waals surface area (Å²) in [6, 6.07) is 20.3. The van der Waals surface area contributed by atoms with Crippen LogP contribution in [0.4, 0.5) is 5.69 Å². The molecule has 3 aromatic rings. The summed E-state index contributed by atoms with van der Waals surface area (Å²) in [5.74, 6) is -0.819. The van der Waals surface area contributed by atoms with Crippen molar-refractivity contribution >= 4 is 29.2 Å². The Bertz CT molecular complexity index is 1510. The summed E-state index contributed by atoms with van der Waals surface area (Å²) in [5.41, 5.74) is 8.85. The highest BCUT2D eigenvalue weighted by Gasteiger charge is 2.36. The van der Waals surface area contributed by atoms with Crippen molar-refractivity contribution in [1.29, 1.82) is 0 Å². The van der Waals surface area contributed by atoms with Crippen molar-refractivity contribution in [3.8, 4) is 11.1 Å². The van der Waals surface area contributed by atoms with Gasteiger partial charge in [-0.2, -0.15) is 0 Å². The molecule has 0 aromatic heterocycles. The lowest BCUT2D eigenvalue weighted by Gasteiger charge is -2.26. The van der Waals surface area contributed by atoms with Crippen LogP contribution in [-0.4, -0.2) is 30.6 Å². The highest BCUT2D eigenvalue weighted by Crippen LogP contribution is 2.50. The Morgan fingerprint density at radius 1 is 0.946 bits per heavy atom. The van der Waals surface area contributed by atoms with Gasteiger partial charge in [-0.25, -0.2) is 4.79 Å². The minimum absolute atomic E-state index is 0.143. The molecule has 0 N–H and O–H groups in total. The molecule has 0 unspecified atom stereocenters. The van der Waals surface area contributed by atoms with Crippen LogP contribution in [0.25, 0.3) is 17.2 Å². The van der Waals surface area contributed by atoms with Crippen LogP contribution >= 0.6 is 0 Å². The Kier molecular flexibility index (Phi) is 6.16. The predicted molar refractivity (Wildman–Crippen MR) is 149 cm³/mol. The molecule has 0 bridgehead atoms. The van der Waals surface area contributed by atoms with Gasteiger partial charge in [-0.05, 0) is 59.9 Å². The van der Waals surface area contributed by atoms with E-state index in [1.54, 1.807) is 6.07 Å². The molecule has 186 valence electrons. The zero-order valence-corrected chi connectivity index (χ0v) is 21.7. The van der Waals surface area contributed by atoms with E-state index in [1.165, 1.54) is 27.9 Å². The monoisotopic (exact) mass is 490 g/mol. The van der Waals surface area contributed by atoms with Gasteiger partial charge in [-0.1, -0.05) is 74.1 Å². The van der Waals surface area contributed by atoms with Crippen LogP contribution in [0.2, 0.25) is 0 Å². The summed E-state index contributed by atoms with van der Waals surface area (Å²) >= 11 is 0. The number of hydrogen-bond acceptors (Lipinski definition) is 5. The maximum Gasteiger partial charge on any atom is 0.358 e. The molecule has 2 aliphatic carbocycles. The topological polar surface area (TPSA) is 59.0 Å². The first kappa shape index (κ1) is 24.4. The van der Waals surface area contributed by atoms with E-state index in [0.717, 1.165) is 24.7 Å². The van der Waals surface area contributed by atoms with Gasteiger partial charge in [-0.15, -0.1) is 0 Å². The smallest absolute Gasteiger partial charge is 0.358 e. The second-order valence-corrected chi connectivity index (χ2v) is 9.82. The lowest BCUT2D eigenvalue weighted by atomic mass is 9.81. The molecule has 0 heterocycles. The lowest BCUT2D eigenvalue weighted by molar-refractivity contribution is -0.137. The van der Waals surface area contributed by atoms with E-state index in [1.807, 2.05) is 30.3 Å². The van der Waals surface area contributed by atoms with Gasteiger partial charge < -0.3 is 9.74 Å². The first-order valence-electron chi connectivity index (χ1n) is 12.6. The van der Waals surface area contributed by atoms with Crippen LogP contribution in [-0.2, 0) is 15.0 Å². The quantitative estimate of drug-likeness (QED) is 0.223. The molecule has 0 saturated carbocycles. The van der Waals surface area contributed by atoms with Crippen molar-refractivity contribution in [1.82, 2.24) is 0 Å². The third-order valence-corrected chi connectivity index (χ3v) is 7.44. The third-order valence-electron chi connectivity index (χ3n) is 7.44. The number of Topliss-reactive ketones (excluding diaryl/α,β-unsaturated/α-hetero) is 1. The number of anilines is 1. The minimum Gasteiger partial charge on any atom is -0.372 e. The number of oxime groups is 1. The fourth-order valence-electron chi connectivity index (χ4n) is 5.43. The summed E-state index contributed by atoms with van der Waals surface area (Å²) in [7, 11) is 0. The molecule has 5 nitrogen and oxygen atoms in total. The van der Waals surface area contributed by atoms with Crippen LogP contribution in [0.3, 0.4) is 0 Å². The van der Waals surface area contributed by atoms with E-state index in [2.05, 4.69) is 74.7 Å². The predicted octanol–water partition coefficient (Wildman–Crippen LogP) is 6.55. The number of nitrogens with zero attached hydrogens (tertiary/aromatic N) is 2. The molecule has 0 fully saturated rings. The molecule has 5 rings (SSSR count). The van der Waals surface area contributed by atoms with Gasteiger partial charge in [0.2, 0.25) is 0 Å². The summed E-state index contributed by atoms with van der Waals surface area (Å²) in [6.07, 6.45) is 2.88. The minimum atomic E-state index is -0.676. The van der Waals surface area contributed by atoms with Crippen molar-refractivity contribution in [3.05, 3.63) is 107 Å². The second-order valence-electron chi connectivity index (χ2n) is 9.82. The van der Waals surface area contributed by atoms with Gasteiger partial charge in [0.15, 0.2) is 5.78 Å². The zero-order valence-electron chi connectivity index (χ0n) is 21.7. The second kappa shape index (κ2) is 9.32. The number of carbonyl (C=O) groups excluding carboxylic acids is 2. The normalized spacial score (nSPS) is 16.9. The van der Waals surface area contributed by atoms with Crippen molar-refractivity contribution in [3.63, 3.8) is 0 Å². The molecule has 37 heavy (non-hydrogen) atoms. The van der Waals surface area contributed by atoms with E-state index >= 15 is 0 Å². The Labute approximate surface area is 217 Å². The first-order chi connectivity index (χ1) is 17.8. The Morgan fingerprint density at radius 2 is 1.59 bits per heavy atom. The van der Waals surface area contributed by atoms with Gasteiger partial charge in [0.05, 0.1) is 5.57 Å². The number of carbonyl (C=O) groups is 2. The molecule has 0 amide bonds. The summed E-state index contributed by atoms with van der Waals surface area (Å²) < 4.78 is 0. The molecule has 3 aromatic carbocycles. The van der Waals surface area contributed by atoms with Crippen LogP contribution < -0.4 is 4.90 Å². The number of ketones is 1. The molecule has 5 heteroatoms. The fourth-order valence-corrected chi connectivity index (χ4v) is 5.43. The largest absolute Gasteiger partial charge is 0.372 e. The van der Waals surface area contributed by atoms with E-state index in [0.29, 0.717) is 22.4 Å². The Morgan fingerprint density at radius 3 is 2.27 bits per heavy atom. The number of fused-ring (bicyclic) bond motifs is 4. The molecule has 2 aliphatic rings. The van der Waals surface area contributed by atoms with Gasteiger partial charge in [0.25, 0.3) is 0 Å². The maximum atomic E-state index is 13.3. The van der Waals surface area contributed by atoms with E-state index in [-0.39, 0.29) is 11.2 Å². The van der Waals surface area contributed by atoms with Crippen LogP contribution in [0.1, 0.15) is 60.3 Å². The molecule has 0 atom stereocenters. The molecule has 0 aliphatic heterocycles. The molecule has 0 saturated heterocycles. The van der Waals surface area contributed by atoms with Gasteiger partial charge in [-0.3, -0.25) is 4.79 Å². The Hall–Kier alpha value is -4.25. The molecule has 0 radical (unpaired) electrons. The van der Waals surface area contributed by atoms with Gasteiger partial charge in [0.1, 0.15) is 5.71 Å².